The molecule has 2 amide bonds. The Morgan fingerprint density at radius 3 is 2.58 bits per heavy atom. The fraction of sp³-hybridized carbons (Fsp3) is 0.235. The smallest absolute Gasteiger partial charge is 0.326 e. The molecule has 1 heterocycles. The van der Waals surface area contributed by atoms with Gasteiger partial charge in [0.05, 0.1) is 11.0 Å². The van der Waals surface area contributed by atoms with Gasteiger partial charge in [-0.2, -0.15) is 0 Å². The second-order valence-corrected chi connectivity index (χ2v) is 7.15. The Morgan fingerprint density at radius 2 is 1.96 bits per heavy atom. The van der Waals surface area contributed by atoms with Crippen LogP contribution in [0.25, 0.3) is 6.08 Å². The standard InChI is InChI=1S/C17H16BrNO4S/c1-11(2)23-15(20)10-19-16(21)14(24-17(19)22)5-3-4-12-6-8-13(18)9-7-12/h3-9,11H,10H2,1-2H3/b4-3+,14-5-. The predicted octanol–water partition coefficient (Wildman–Crippen LogP) is 3.99. The average Bonchev–Trinajstić information content (AvgIpc) is 2.76. The van der Waals surface area contributed by atoms with Gasteiger partial charge in [-0.25, -0.2) is 0 Å². The van der Waals surface area contributed by atoms with E-state index in [1.807, 2.05) is 30.3 Å². The maximum absolute atomic E-state index is 12.2. The highest BCUT2D eigenvalue weighted by Gasteiger charge is 2.36. The van der Waals surface area contributed by atoms with E-state index in [2.05, 4.69) is 15.9 Å². The number of esters is 1. The van der Waals surface area contributed by atoms with E-state index < -0.39 is 17.1 Å². The number of carbonyl (C=O) groups excluding carboxylic acids is 3. The molecule has 0 atom stereocenters. The number of thioether (sulfide) groups is 1. The lowest BCUT2D eigenvalue weighted by Crippen LogP contribution is -2.35. The molecule has 0 spiro atoms. The van der Waals surface area contributed by atoms with E-state index in [9.17, 15) is 14.4 Å². The van der Waals surface area contributed by atoms with Gasteiger partial charge in [-0.05, 0) is 49.4 Å². The number of rotatable bonds is 5. The Kier molecular flexibility index (Phi) is 6.39. The normalized spacial score (nSPS) is 16.7. The largest absolute Gasteiger partial charge is 0.462 e. The molecule has 1 fully saturated rings. The topological polar surface area (TPSA) is 63.7 Å². The number of amides is 2. The number of allylic oxidation sites excluding steroid dienone is 2. The molecule has 1 saturated heterocycles. The molecule has 0 N–H and O–H groups in total. The third kappa shape index (κ3) is 5.07. The summed E-state index contributed by atoms with van der Waals surface area (Å²) in [4.78, 5) is 36.9. The number of ether oxygens (including phenoxy) is 1. The number of hydrogen-bond donors (Lipinski definition) is 0. The molecule has 1 aliphatic rings. The van der Waals surface area contributed by atoms with Gasteiger partial charge in [-0.15, -0.1) is 0 Å². The first-order chi connectivity index (χ1) is 11.4. The molecule has 1 aromatic carbocycles. The van der Waals surface area contributed by atoms with Crippen LogP contribution in [-0.4, -0.2) is 34.7 Å². The van der Waals surface area contributed by atoms with Crippen LogP contribution in [0.4, 0.5) is 4.79 Å². The first kappa shape index (κ1) is 18.5. The summed E-state index contributed by atoms with van der Waals surface area (Å²) in [5.41, 5.74) is 0.967. The van der Waals surface area contributed by atoms with Crippen LogP contribution < -0.4 is 0 Å². The summed E-state index contributed by atoms with van der Waals surface area (Å²) < 4.78 is 5.94. The van der Waals surface area contributed by atoms with Gasteiger partial charge in [0.15, 0.2) is 0 Å². The maximum atomic E-state index is 12.2. The van der Waals surface area contributed by atoms with Crippen LogP contribution in [0.2, 0.25) is 0 Å². The SMILES string of the molecule is CC(C)OC(=O)CN1C(=O)S/C(=C\C=C\c2ccc(Br)cc2)C1=O. The molecule has 0 unspecified atom stereocenters. The van der Waals surface area contributed by atoms with E-state index in [1.165, 1.54) is 0 Å². The van der Waals surface area contributed by atoms with Crippen molar-refractivity contribution < 1.29 is 19.1 Å². The number of nitrogens with zero attached hydrogens (tertiary/aromatic N) is 1. The van der Waals surface area contributed by atoms with Gasteiger partial charge in [0.1, 0.15) is 6.54 Å². The summed E-state index contributed by atoms with van der Waals surface area (Å²) in [6.45, 7) is 3.05. The second-order valence-electron chi connectivity index (χ2n) is 5.24. The first-order valence-electron chi connectivity index (χ1n) is 7.24. The zero-order valence-electron chi connectivity index (χ0n) is 13.2. The zero-order valence-corrected chi connectivity index (χ0v) is 15.6. The predicted molar refractivity (Wildman–Crippen MR) is 97.2 cm³/mol. The summed E-state index contributed by atoms with van der Waals surface area (Å²) in [7, 11) is 0. The molecule has 0 saturated carbocycles. The molecule has 2 rings (SSSR count). The first-order valence-corrected chi connectivity index (χ1v) is 8.85. The van der Waals surface area contributed by atoms with Crippen molar-refractivity contribution in [2.75, 3.05) is 6.54 Å². The van der Waals surface area contributed by atoms with E-state index in [0.717, 1.165) is 26.7 Å². The molecule has 1 aliphatic heterocycles. The van der Waals surface area contributed by atoms with Crippen LogP contribution >= 0.6 is 27.7 Å². The van der Waals surface area contributed by atoms with Crippen LogP contribution in [0.3, 0.4) is 0 Å². The van der Waals surface area contributed by atoms with Crippen molar-refractivity contribution in [3.05, 3.63) is 51.4 Å². The Morgan fingerprint density at radius 1 is 1.29 bits per heavy atom. The van der Waals surface area contributed by atoms with Crippen LogP contribution in [0.15, 0.2) is 45.8 Å². The third-order valence-corrected chi connectivity index (χ3v) is 4.39. The van der Waals surface area contributed by atoms with E-state index in [1.54, 1.807) is 26.0 Å². The summed E-state index contributed by atoms with van der Waals surface area (Å²) in [5, 5.41) is -0.469. The number of benzene rings is 1. The van der Waals surface area contributed by atoms with E-state index in [0.29, 0.717) is 0 Å². The van der Waals surface area contributed by atoms with Crippen molar-refractivity contribution >= 4 is 50.9 Å². The Labute approximate surface area is 152 Å². The molecule has 126 valence electrons. The number of carbonyl (C=O) groups is 3. The van der Waals surface area contributed by atoms with E-state index in [4.69, 9.17) is 4.74 Å². The summed E-state index contributed by atoms with van der Waals surface area (Å²) in [6.07, 6.45) is 4.81. The second kappa shape index (κ2) is 8.30. The van der Waals surface area contributed by atoms with Crippen molar-refractivity contribution in [3.63, 3.8) is 0 Å². The fourth-order valence-corrected chi connectivity index (χ4v) is 2.95. The van der Waals surface area contributed by atoms with Crippen molar-refractivity contribution in [2.45, 2.75) is 20.0 Å². The summed E-state index contributed by atoms with van der Waals surface area (Å²) >= 11 is 4.17. The minimum Gasteiger partial charge on any atom is -0.462 e. The van der Waals surface area contributed by atoms with Crippen LogP contribution in [0.1, 0.15) is 19.4 Å². The molecule has 0 aliphatic carbocycles. The third-order valence-electron chi connectivity index (χ3n) is 2.93. The van der Waals surface area contributed by atoms with Gasteiger partial charge >= 0.3 is 5.97 Å². The zero-order chi connectivity index (χ0) is 17.7. The minimum absolute atomic E-state index is 0.283. The van der Waals surface area contributed by atoms with Crippen molar-refractivity contribution in [3.8, 4) is 0 Å². The highest BCUT2D eigenvalue weighted by atomic mass is 79.9. The minimum atomic E-state index is -0.598. The molecule has 5 nitrogen and oxygen atoms in total. The Hall–Kier alpha value is -1.86. The summed E-state index contributed by atoms with van der Waals surface area (Å²) in [6, 6.07) is 7.66. The fourth-order valence-electron chi connectivity index (χ4n) is 1.90. The molecule has 7 heteroatoms. The highest BCUT2D eigenvalue weighted by molar-refractivity contribution is 9.10. The molecule has 0 aromatic heterocycles. The average molecular weight is 410 g/mol. The van der Waals surface area contributed by atoms with Gasteiger partial charge in [0.2, 0.25) is 0 Å². The van der Waals surface area contributed by atoms with Crippen LogP contribution in [0.5, 0.6) is 0 Å². The molecule has 24 heavy (non-hydrogen) atoms. The number of hydrogen-bond acceptors (Lipinski definition) is 5. The lowest BCUT2D eigenvalue weighted by Gasteiger charge is -2.13. The highest BCUT2D eigenvalue weighted by Crippen LogP contribution is 2.30. The van der Waals surface area contributed by atoms with Crippen molar-refractivity contribution in [1.29, 1.82) is 0 Å². The van der Waals surface area contributed by atoms with Crippen molar-refractivity contribution in [1.82, 2.24) is 4.90 Å². The lowest BCUT2D eigenvalue weighted by atomic mass is 10.2. The summed E-state index contributed by atoms with van der Waals surface area (Å²) in [5.74, 6) is -1.08. The quantitative estimate of drug-likeness (QED) is 0.543. The van der Waals surface area contributed by atoms with Gasteiger partial charge in [-0.3, -0.25) is 19.3 Å². The molecular formula is C17H16BrNO4S. The molecule has 0 radical (unpaired) electrons. The Bertz CT molecular complexity index is 710. The number of halogens is 1. The number of imide groups is 1. The van der Waals surface area contributed by atoms with Gasteiger partial charge < -0.3 is 4.74 Å². The molecular weight excluding hydrogens is 394 g/mol. The molecule has 0 bridgehead atoms. The van der Waals surface area contributed by atoms with E-state index >= 15 is 0 Å². The van der Waals surface area contributed by atoms with Gasteiger partial charge in [-0.1, -0.05) is 40.2 Å². The molecule has 1 aromatic rings. The van der Waals surface area contributed by atoms with Gasteiger partial charge in [0.25, 0.3) is 11.1 Å². The Balaban J connectivity index is 2.02. The van der Waals surface area contributed by atoms with Gasteiger partial charge in [0, 0.05) is 4.47 Å². The monoisotopic (exact) mass is 409 g/mol. The van der Waals surface area contributed by atoms with Crippen LogP contribution in [-0.2, 0) is 14.3 Å². The maximum Gasteiger partial charge on any atom is 0.326 e. The van der Waals surface area contributed by atoms with Crippen molar-refractivity contribution in [2.24, 2.45) is 0 Å². The van der Waals surface area contributed by atoms with E-state index in [-0.39, 0.29) is 17.6 Å². The lowest BCUT2D eigenvalue weighted by molar-refractivity contribution is -0.149. The van der Waals surface area contributed by atoms with Crippen LogP contribution in [0, 0.1) is 0 Å².